The largest absolute Gasteiger partial charge is 0.497 e. The Hall–Kier alpha value is -2.16. The van der Waals surface area contributed by atoms with E-state index in [0.717, 1.165) is 24.5 Å². The molecule has 21 heavy (non-hydrogen) atoms. The van der Waals surface area contributed by atoms with Crippen LogP contribution in [-0.4, -0.2) is 18.8 Å². The van der Waals surface area contributed by atoms with Gasteiger partial charge in [0.2, 0.25) is 0 Å². The van der Waals surface area contributed by atoms with Crippen molar-refractivity contribution in [1.82, 2.24) is 4.57 Å². The van der Waals surface area contributed by atoms with Crippen LogP contribution in [0, 0.1) is 0 Å². The highest BCUT2D eigenvalue weighted by atomic mass is 16.5. The van der Waals surface area contributed by atoms with E-state index in [1.807, 2.05) is 6.07 Å². The monoisotopic (exact) mass is 283 g/mol. The van der Waals surface area contributed by atoms with E-state index in [0.29, 0.717) is 0 Å². The molecule has 1 aliphatic carbocycles. The number of hydrogen-bond acceptors (Lipinski definition) is 2. The van der Waals surface area contributed by atoms with Gasteiger partial charge in [-0.25, -0.2) is 0 Å². The van der Waals surface area contributed by atoms with Crippen LogP contribution in [0.5, 0.6) is 11.5 Å². The number of methoxy groups -OCH3 is 2. The number of hydrogen-bond donors (Lipinski definition) is 0. The van der Waals surface area contributed by atoms with E-state index in [2.05, 4.69) is 42.0 Å². The van der Waals surface area contributed by atoms with Crippen molar-refractivity contribution in [1.29, 1.82) is 0 Å². The van der Waals surface area contributed by atoms with E-state index in [1.165, 1.54) is 28.8 Å². The van der Waals surface area contributed by atoms with Crippen molar-refractivity contribution in [2.75, 3.05) is 14.2 Å². The maximum absolute atomic E-state index is 5.35. The summed E-state index contributed by atoms with van der Waals surface area (Å²) in [6.45, 7) is 3.03. The Bertz CT molecular complexity index is 660. The molecule has 1 aliphatic rings. The third-order valence-electron chi connectivity index (χ3n) is 4.03. The lowest BCUT2D eigenvalue weighted by Gasteiger charge is -2.15. The van der Waals surface area contributed by atoms with Crippen LogP contribution in [0.15, 0.2) is 36.0 Å². The lowest BCUT2D eigenvalue weighted by Crippen LogP contribution is -2.05. The molecular formula is C18H21NO2. The molecule has 3 rings (SSSR count). The second kappa shape index (κ2) is 5.68. The van der Waals surface area contributed by atoms with Crippen molar-refractivity contribution in [3.8, 4) is 11.5 Å². The number of aryl methyl sites for hydroxylation is 1. The molecule has 0 saturated carbocycles. The maximum atomic E-state index is 5.35. The lowest BCUT2D eigenvalue weighted by molar-refractivity contribution is 0.393. The first-order chi connectivity index (χ1) is 10.2. The number of fused-ring (bicyclic) bond motifs is 1. The summed E-state index contributed by atoms with van der Waals surface area (Å²) in [6.07, 6.45) is 6.79. The predicted molar refractivity (Wildman–Crippen MR) is 85.1 cm³/mol. The van der Waals surface area contributed by atoms with Crippen molar-refractivity contribution < 1.29 is 9.47 Å². The molecule has 3 heteroatoms. The van der Waals surface area contributed by atoms with Gasteiger partial charge in [0, 0.05) is 24.5 Å². The molecule has 2 aromatic rings. The van der Waals surface area contributed by atoms with Crippen LogP contribution in [0.1, 0.15) is 30.2 Å². The van der Waals surface area contributed by atoms with Gasteiger partial charge in [0.1, 0.15) is 11.5 Å². The van der Waals surface area contributed by atoms with Gasteiger partial charge in [0.15, 0.2) is 0 Å². The van der Waals surface area contributed by atoms with Crippen LogP contribution in [0.2, 0.25) is 0 Å². The third kappa shape index (κ3) is 2.82. The first kappa shape index (κ1) is 13.8. The molecule has 0 amide bonds. The number of rotatable bonds is 4. The summed E-state index contributed by atoms with van der Waals surface area (Å²) in [4.78, 5) is 0. The Morgan fingerprint density at radius 1 is 1.05 bits per heavy atom. The molecule has 1 aromatic carbocycles. The predicted octanol–water partition coefficient (Wildman–Crippen LogP) is 3.90. The molecule has 1 aromatic heterocycles. The zero-order valence-electron chi connectivity index (χ0n) is 12.8. The molecule has 110 valence electrons. The zero-order valence-corrected chi connectivity index (χ0v) is 12.8. The van der Waals surface area contributed by atoms with Crippen LogP contribution >= 0.6 is 0 Å². The van der Waals surface area contributed by atoms with Crippen molar-refractivity contribution >= 4 is 6.08 Å². The minimum absolute atomic E-state index is 0.826. The third-order valence-corrected chi connectivity index (χ3v) is 4.03. The van der Waals surface area contributed by atoms with E-state index in [-0.39, 0.29) is 0 Å². The average molecular weight is 283 g/mol. The fourth-order valence-corrected chi connectivity index (χ4v) is 2.85. The van der Waals surface area contributed by atoms with E-state index in [9.17, 15) is 0 Å². The Kier molecular flexibility index (Phi) is 3.74. The SMILES string of the molecule is COc1cc(Cn2ccc3c2C=C(C)CC3)cc(OC)c1. The summed E-state index contributed by atoms with van der Waals surface area (Å²) >= 11 is 0. The van der Waals surface area contributed by atoms with Gasteiger partial charge in [0.25, 0.3) is 0 Å². The van der Waals surface area contributed by atoms with Gasteiger partial charge in [-0.1, -0.05) is 5.57 Å². The van der Waals surface area contributed by atoms with Crippen LogP contribution in [-0.2, 0) is 13.0 Å². The molecule has 0 unspecified atom stereocenters. The van der Waals surface area contributed by atoms with Gasteiger partial charge in [-0.05, 0) is 55.2 Å². The minimum Gasteiger partial charge on any atom is -0.497 e. The van der Waals surface area contributed by atoms with Crippen molar-refractivity contribution in [3.63, 3.8) is 0 Å². The van der Waals surface area contributed by atoms with Gasteiger partial charge in [-0.3, -0.25) is 0 Å². The number of aromatic nitrogens is 1. The van der Waals surface area contributed by atoms with Gasteiger partial charge in [-0.15, -0.1) is 0 Å². The molecule has 0 atom stereocenters. The minimum atomic E-state index is 0.826. The molecule has 0 aliphatic heterocycles. The molecular weight excluding hydrogens is 262 g/mol. The van der Waals surface area contributed by atoms with Gasteiger partial charge in [-0.2, -0.15) is 0 Å². The molecule has 1 heterocycles. The molecule has 0 N–H and O–H groups in total. The Labute approximate surface area is 125 Å². The molecule has 0 radical (unpaired) electrons. The Balaban J connectivity index is 1.93. The number of allylic oxidation sites excluding steroid dienone is 1. The number of nitrogens with zero attached hydrogens (tertiary/aromatic N) is 1. The Morgan fingerprint density at radius 3 is 2.43 bits per heavy atom. The summed E-state index contributed by atoms with van der Waals surface area (Å²) < 4.78 is 13.0. The van der Waals surface area contributed by atoms with Crippen LogP contribution in [0.25, 0.3) is 6.08 Å². The summed E-state index contributed by atoms with van der Waals surface area (Å²) in [5.41, 5.74) is 5.41. The second-order valence-electron chi connectivity index (χ2n) is 5.57. The molecule has 0 spiro atoms. The average Bonchev–Trinajstić information content (AvgIpc) is 2.89. The number of ether oxygens (including phenoxy) is 2. The quantitative estimate of drug-likeness (QED) is 0.849. The standard InChI is InChI=1S/C18H21NO2/c1-13-4-5-15-6-7-19(18(15)8-13)12-14-9-16(20-2)11-17(10-14)21-3/h6-11H,4-5,12H2,1-3H3. The van der Waals surface area contributed by atoms with Crippen LogP contribution in [0.4, 0.5) is 0 Å². The van der Waals surface area contributed by atoms with E-state index >= 15 is 0 Å². The Morgan fingerprint density at radius 2 is 1.76 bits per heavy atom. The fraction of sp³-hybridized carbons (Fsp3) is 0.333. The topological polar surface area (TPSA) is 23.4 Å². The normalized spacial score (nSPS) is 13.6. The van der Waals surface area contributed by atoms with Crippen molar-refractivity contribution in [2.24, 2.45) is 0 Å². The summed E-state index contributed by atoms with van der Waals surface area (Å²) in [5, 5.41) is 0. The first-order valence-electron chi connectivity index (χ1n) is 7.26. The summed E-state index contributed by atoms with van der Waals surface area (Å²) in [5.74, 6) is 1.66. The summed E-state index contributed by atoms with van der Waals surface area (Å²) in [6, 6.07) is 8.26. The van der Waals surface area contributed by atoms with Gasteiger partial charge in [0.05, 0.1) is 14.2 Å². The van der Waals surface area contributed by atoms with Gasteiger partial charge >= 0.3 is 0 Å². The molecule has 0 fully saturated rings. The van der Waals surface area contributed by atoms with E-state index < -0.39 is 0 Å². The van der Waals surface area contributed by atoms with Crippen molar-refractivity contribution in [2.45, 2.75) is 26.3 Å². The smallest absolute Gasteiger partial charge is 0.122 e. The number of benzene rings is 1. The maximum Gasteiger partial charge on any atom is 0.122 e. The molecule has 3 nitrogen and oxygen atoms in total. The van der Waals surface area contributed by atoms with Crippen LogP contribution in [0.3, 0.4) is 0 Å². The molecule has 0 saturated heterocycles. The van der Waals surface area contributed by atoms with Gasteiger partial charge < -0.3 is 14.0 Å². The molecule has 0 bridgehead atoms. The van der Waals surface area contributed by atoms with Crippen molar-refractivity contribution in [3.05, 3.63) is 52.9 Å². The first-order valence-corrected chi connectivity index (χ1v) is 7.26. The van der Waals surface area contributed by atoms with E-state index in [4.69, 9.17) is 9.47 Å². The lowest BCUT2D eigenvalue weighted by atomic mass is 9.98. The van der Waals surface area contributed by atoms with E-state index in [1.54, 1.807) is 14.2 Å². The van der Waals surface area contributed by atoms with Crippen LogP contribution < -0.4 is 9.47 Å². The highest BCUT2D eigenvalue weighted by Gasteiger charge is 2.13. The highest BCUT2D eigenvalue weighted by molar-refractivity contribution is 5.57. The summed E-state index contributed by atoms with van der Waals surface area (Å²) in [7, 11) is 3.37. The second-order valence-corrected chi connectivity index (χ2v) is 5.57. The fourth-order valence-electron chi connectivity index (χ4n) is 2.85. The zero-order chi connectivity index (χ0) is 14.8. The highest BCUT2D eigenvalue weighted by Crippen LogP contribution is 2.27.